The van der Waals surface area contributed by atoms with Gasteiger partial charge in [0.25, 0.3) is 5.91 Å². The van der Waals surface area contributed by atoms with Gasteiger partial charge >= 0.3 is 0 Å². The molecule has 0 aliphatic carbocycles. The summed E-state index contributed by atoms with van der Waals surface area (Å²) < 4.78 is 5.73. The second kappa shape index (κ2) is 6.11. The van der Waals surface area contributed by atoms with Gasteiger partial charge in [-0.05, 0) is 25.5 Å². The van der Waals surface area contributed by atoms with Crippen LogP contribution in [0, 0.1) is 6.92 Å². The topological polar surface area (TPSA) is 84.1 Å². The lowest BCUT2D eigenvalue weighted by Gasteiger charge is -2.20. The van der Waals surface area contributed by atoms with E-state index in [9.17, 15) is 9.59 Å². The second-order valence-electron chi connectivity index (χ2n) is 5.31. The number of hydrogen-bond donors (Lipinski definition) is 2. The Bertz CT molecular complexity index is 727. The number of rotatable bonds is 3. The van der Waals surface area contributed by atoms with Gasteiger partial charge in [-0.25, -0.2) is 0 Å². The molecule has 1 amide bonds. The van der Waals surface area contributed by atoms with E-state index in [1.54, 1.807) is 25.4 Å². The number of carbonyl (C=O) groups is 1. The minimum Gasteiger partial charge on any atom is -0.371 e. The van der Waals surface area contributed by atoms with Crippen LogP contribution in [0.4, 0.5) is 0 Å². The van der Waals surface area contributed by atoms with E-state index in [0.29, 0.717) is 17.9 Å². The third kappa shape index (κ3) is 2.92. The van der Waals surface area contributed by atoms with Crippen molar-refractivity contribution >= 4 is 5.91 Å². The molecule has 0 spiro atoms. The zero-order chi connectivity index (χ0) is 15.5. The molecule has 2 aromatic heterocycles. The minimum atomic E-state index is -0.216. The van der Waals surface area contributed by atoms with Crippen molar-refractivity contribution in [2.75, 3.05) is 6.61 Å². The Morgan fingerprint density at radius 1 is 1.41 bits per heavy atom. The van der Waals surface area contributed by atoms with Crippen LogP contribution < -0.4 is 10.9 Å². The first-order valence-electron chi connectivity index (χ1n) is 7.17. The number of aromatic nitrogens is 2. The molecule has 6 nitrogen and oxygen atoms in total. The lowest BCUT2D eigenvalue weighted by Crippen LogP contribution is -2.37. The zero-order valence-electron chi connectivity index (χ0n) is 12.2. The number of pyridine rings is 2. The molecule has 3 heterocycles. The first kappa shape index (κ1) is 14.5. The molecule has 114 valence electrons. The van der Waals surface area contributed by atoms with Crippen molar-refractivity contribution in [2.45, 2.75) is 25.5 Å². The molecule has 22 heavy (non-hydrogen) atoms. The summed E-state index contributed by atoms with van der Waals surface area (Å²) in [4.78, 5) is 30.4. The molecule has 1 aliphatic heterocycles. The number of nitrogens with zero attached hydrogens (tertiary/aromatic N) is 1. The number of amides is 1. The number of aryl methyl sites for hydroxylation is 1. The van der Waals surface area contributed by atoms with E-state index in [0.717, 1.165) is 12.0 Å². The molecule has 6 heteroatoms. The van der Waals surface area contributed by atoms with Crippen LogP contribution in [0.25, 0.3) is 0 Å². The van der Waals surface area contributed by atoms with Gasteiger partial charge in [-0.2, -0.15) is 0 Å². The van der Waals surface area contributed by atoms with Crippen molar-refractivity contribution in [3.63, 3.8) is 0 Å². The van der Waals surface area contributed by atoms with Crippen LogP contribution in [0.5, 0.6) is 0 Å². The Labute approximate surface area is 127 Å². The highest BCUT2D eigenvalue weighted by Gasteiger charge is 2.31. The first-order chi connectivity index (χ1) is 10.6. The van der Waals surface area contributed by atoms with E-state index in [1.807, 2.05) is 12.1 Å². The lowest BCUT2D eigenvalue weighted by molar-refractivity contribution is 0.0819. The fourth-order valence-electron chi connectivity index (χ4n) is 2.68. The predicted octanol–water partition coefficient (Wildman–Crippen LogP) is 1.34. The highest BCUT2D eigenvalue weighted by atomic mass is 16.5. The maximum atomic E-state index is 12.4. The standard InChI is InChI=1S/C16H17N3O3/c1-10-12(4-5-14(20)18-10)16(21)19-13-6-8-22-15(13)11-3-2-7-17-9-11/h2-5,7,9,13,15H,6,8H2,1H3,(H,18,20)(H,19,21)/t13-,15+/m0/s1. The Hall–Kier alpha value is -2.47. The monoisotopic (exact) mass is 299 g/mol. The summed E-state index contributed by atoms with van der Waals surface area (Å²) in [7, 11) is 0. The maximum absolute atomic E-state index is 12.4. The maximum Gasteiger partial charge on any atom is 0.253 e. The molecule has 0 unspecified atom stereocenters. The van der Waals surface area contributed by atoms with Crippen molar-refractivity contribution < 1.29 is 9.53 Å². The number of H-pyrrole nitrogens is 1. The van der Waals surface area contributed by atoms with Crippen LogP contribution in [0.2, 0.25) is 0 Å². The van der Waals surface area contributed by atoms with Gasteiger partial charge in [0.1, 0.15) is 6.10 Å². The summed E-state index contributed by atoms with van der Waals surface area (Å²) in [5.41, 5.74) is 1.76. The third-order valence-electron chi connectivity index (χ3n) is 3.78. The number of ether oxygens (including phenoxy) is 1. The Kier molecular flexibility index (Phi) is 4.02. The highest BCUT2D eigenvalue weighted by molar-refractivity contribution is 5.95. The van der Waals surface area contributed by atoms with E-state index in [4.69, 9.17) is 4.74 Å². The molecule has 2 aromatic rings. The normalized spacial score (nSPS) is 20.8. The van der Waals surface area contributed by atoms with Crippen LogP contribution in [-0.2, 0) is 4.74 Å². The SMILES string of the molecule is Cc1[nH]c(=O)ccc1C(=O)N[C@H]1CCO[C@@H]1c1cccnc1. The number of hydrogen-bond acceptors (Lipinski definition) is 4. The van der Waals surface area contributed by atoms with Crippen LogP contribution in [0.3, 0.4) is 0 Å². The predicted molar refractivity (Wildman–Crippen MR) is 80.6 cm³/mol. The van der Waals surface area contributed by atoms with Crippen molar-refractivity contribution in [3.8, 4) is 0 Å². The molecule has 2 atom stereocenters. The zero-order valence-corrected chi connectivity index (χ0v) is 12.2. The highest BCUT2D eigenvalue weighted by Crippen LogP contribution is 2.28. The molecule has 1 saturated heterocycles. The largest absolute Gasteiger partial charge is 0.371 e. The fraction of sp³-hybridized carbons (Fsp3) is 0.312. The van der Waals surface area contributed by atoms with Crippen molar-refractivity contribution in [2.24, 2.45) is 0 Å². The second-order valence-corrected chi connectivity index (χ2v) is 5.31. The van der Waals surface area contributed by atoms with E-state index >= 15 is 0 Å². The molecule has 0 aromatic carbocycles. The van der Waals surface area contributed by atoms with Crippen LogP contribution in [-0.4, -0.2) is 28.5 Å². The summed E-state index contributed by atoms with van der Waals surface area (Å²) in [5, 5.41) is 2.99. The molecule has 0 radical (unpaired) electrons. The van der Waals surface area contributed by atoms with Crippen molar-refractivity contribution in [1.29, 1.82) is 0 Å². The summed E-state index contributed by atoms with van der Waals surface area (Å²) >= 11 is 0. The van der Waals surface area contributed by atoms with Gasteiger partial charge in [-0.15, -0.1) is 0 Å². The van der Waals surface area contributed by atoms with Crippen molar-refractivity contribution in [3.05, 3.63) is 63.8 Å². The average molecular weight is 299 g/mol. The van der Waals surface area contributed by atoms with Gasteiger partial charge < -0.3 is 15.0 Å². The fourth-order valence-corrected chi connectivity index (χ4v) is 2.68. The molecule has 1 fully saturated rings. The first-order valence-corrected chi connectivity index (χ1v) is 7.17. The smallest absolute Gasteiger partial charge is 0.253 e. The van der Waals surface area contributed by atoms with Gasteiger partial charge in [0.05, 0.1) is 11.6 Å². The van der Waals surface area contributed by atoms with Gasteiger partial charge in [0.15, 0.2) is 0 Å². The minimum absolute atomic E-state index is 0.108. The average Bonchev–Trinajstić information content (AvgIpc) is 2.96. The summed E-state index contributed by atoms with van der Waals surface area (Å²) in [6, 6.07) is 6.57. The molecular weight excluding hydrogens is 282 g/mol. The van der Waals surface area contributed by atoms with E-state index in [1.165, 1.54) is 6.07 Å². The summed E-state index contributed by atoms with van der Waals surface area (Å²) in [5.74, 6) is -0.210. The van der Waals surface area contributed by atoms with Crippen LogP contribution in [0.1, 0.15) is 34.1 Å². The summed E-state index contributed by atoms with van der Waals surface area (Å²) in [6.07, 6.45) is 4.00. The molecule has 2 N–H and O–H groups in total. The molecular formula is C16H17N3O3. The quantitative estimate of drug-likeness (QED) is 0.895. The Morgan fingerprint density at radius 3 is 3.00 bits per heavy atom. The number of nitrogens with one attached hydrogen (secondary N) is 2. The van der Waals surface area contributed by atoms with Gasteiger partial charge in [-0.3, -0.25) is 14.6 Å². The molecule has 0 saturated carbocycles. The number of aromatic amines is 1. The van der Waals surface area contributed by atoms with Gasteiger partial charge in [0.2, 0.25) is 5.56 Å². The third-order valence-corrected chi connectivity index (χ3v) is 3.78. The van der Waals surface area contributed by atoms with Crippen LogP contribution >= 0.6 is 0 Å². The van der Waals surface area contributed by atoms with Crippen molar-refractivity contribution in [1.82, 2.24) is 15.3 Å². The van der Waals surface area contributed by atoms with Gasteiger partial charge in [0, 0.05) is 36.3 Å². The lowest BCUT2D eigenvalue weighted by atomic mass is 10.0. The molecule has 0 bridgehead atoms. The van der Waals surface area contributed by atoms with E-state index in [-0.39, 0.29) is 23.6 Å². The van der Waals surface area contributed by atoms with Gasteiger partial charge in [-0.1, -0.05) is 6.07 Å². The number of carbonyl (C=O) groups excluding carboxylic acids is 1. The van der Waals surface area contributed by atoms with E-state index in [2.05, 4.69) is 15.3 Å². The van der Waals surface area contributed by atoms with E-state index < -0.39 is 0 Å². The Balaban J connectivity index is 1.77. The Morgan fingerprint density at radius 2 is 2.27 bits per heavy atom. The molecule has 3 rings (SSSR count). The van der Waals surface area contributed by atoms with Crippen LogP contribution in [0.15, 0.2) is 41.5 Å². The molecule has 1 aliphatic rings. The summed E-state index contributed by atoms with van der Waals surface area (Å²) in [6.45, 7) is 2.30.